The van der Waals surface area contributed by atoms with E-state index in [1.807, 2.05) is 13.8 Å². The van der Waals surface area contributed by atoms with Gasteiger partial charge in [0, 0.05) is 23.7 Å². The Bertz CT molecular complexity index is 870. The van der Waals surface area contributed by atoms with Crippen molar-refractivity contribution in [1.82, 2.24) is 0 Å². The summed E-state index contributed by atoms with van der Waals surface area (Å²) in [4.78, 5) is 36.3. The average Bonchev–Trinajstić information content (AvgIpc) is 2.90. The number of carbonyl (C=O) groups excluding carboxylic acids is 3. The summed E-state index contributed by atoms with van der Waals surface area (Å²) in [5.74, 6) is -1.19. The van der Waals surface area contributed by atoms with Crippen LogP contribution in [0.25, 0.3) is 0 Å². The summed E-state index contributed by atoms with van der Waals surface area (Å²) < 4.78 is 22.4. The van der Waals surface area contributed by atoms with Crippen LogP contribution in [0, 0.1) is 22.7 Å². The zero-order chi connectivity index (χ0) is 20.5. The number of fused-ring (bicyclic) bond motifs is 5. The van der Waals surface area contributed by atoms with E-state index in [1.165, 1.54) is 19.9 Å². The number of esters is 1. The lowest BCUT2D eigenvalue weighted by molar-refractivity contribution is -0.178. The van der Waals surface area contributed by atoms with Crippen molar-refractivity contribution in [3.8, 4) is 0 Å². The molecular formula is C23H27FO4. The zero-order valence-electron chi connectivity index (χ0n) is 16.9. The largest absolute Gasteiger partial charge is 0.450 e. The van der Waals surface area contributed by atoms with Crippen LogP contribution in [-0.4, -0.2) is 28.8 Å². The molecule has 0 bridgehead atoms. The molecular weight excluding hydrogens is 359 g/mol. The standard InChI is InChI=1S/C23H27FO4/c1-14(25)23(28-15(2)26)10-8-18-19-6-5-16-13-17(27)7-9-20(16,3)22(19,24)12-11-21(18,23)4/h7,9,11-13,18-19H,5-6,8,10H2,1-4H3/t18-,19-,20-,21-,22+,23-/m0/s1. The van der Waals surface area contributed by atoms with Gasteiger partial charge < -0.3 is 4.74 Å². The molecule has 4 aliphatic rings. The predicted octanol–water partition coefficient (Wildman–Crippen LogP) is 4.05. The quantitative estimate of drug-likeness (QED) is 0.531. The first-order chi connectivity index (χ1) is 13.0. The van der Waals surface area contributed by atoms with Crippen molar-refractivity contribution < 1.29 is 23.5 Å². The Hall–Kier alpha value is -2.04. The van der Waals surface area contributed by atoms with Gasteiger partial charge in [-0.15, -0.1) is 0 Å². The average molecular weight is 386 g/mol. The lowest BCUT2D eigenvalue weighted by Gasteiger charge is -2.58. The van der Waals surface area contributed by atoms with Gasteiger partial charge in [0.25, 0.3) is 0 Å². The van der Waals surface area contributed by atoms with E-state index in [9.17, 15) is 14.4 Å². The van der Waals surface area contributed by atoms with Crippen LogP contribution in [0.4, 0.5) is 4.39 Å². The molecule has 0 N–H and O–H groups in total. The van der Waals surface area contributed by atoms with Crippen molar-refractivity contribution in [1.29, 1.82) is 0 Å². The second-order valence-electron chi connectivity index (χ2n) is 9.26. The van der Waals surface area contributed by atoms with Crippen LogP contribution in [0.5, 0.6) is 0 Å². The van der Waals surface area contributed by atoms with E-state index < -0.39 is 28.1 Å². The van der Waals surface area contributed by atoms with Gasteiger partial charge in [-0.3, -0.25) is 14.4 Å². The van der Waals surface area contributed by atoms with Gasteiger partial charge in [-0.05, 0) is 63.7 Å². The number of alkyl halides is 1. The minimum Gasteiger partial charge on any atom is -0.450 e. The van der Waals surface area contributed by atoms with Gasteiger partial charge in [0.1, 0.15) is 5.67 Å². The van der Waals surface area contributed by atoms with Crippen LogP contribution in [0.15, 0.2) is 36.0 Å². The van der Waals surface area contributed by atoms with Gasteiger partial charge in [-0.1, -0.05) is 24.6 Å². The van der Waals surface area contributed by atoms with Crippen molar-refractivity contribution in [2.75, 3.05) is 0 Å². The lowest BCUT2D eigenvalue weighted by atomic mass is 9.48. The molecule has 2 saturated carbocycles. The van der Waals surface area contributed by atoms with Crippen molar-refractivity contribution in [3.05, 3.63) is 36.0 Å². The number of hydrogen-bond donors (Lipinski definition) is 0. The van der Waals surface area contributed by atoms with Gasteiger partial charge in [0.05, 0.1) is 0 Å². The third kappa shape index (κ3) is 2.13. The van der Waals surface area contributed by atoms with Crippen LogP contribution < -0.4 is 0 Å². The number of ether oxygens (including phenoxy) is 1. The van der Waals surface area contributed by atoms with E-state index in [2.05, 4.69) is 0 Å². The van der Waals surface area contributed by atoms with E-state index in [4.69, 9.17) is 4.74 Å². The fraction of sp³-hybridized carbons (Fsp3) is 0.609. The lowest BCUT2D eigenvalue weighted by Crippen LogP contribution is -2.61. The molecule has 0 heterocycles. The van der Waals surface area contributed by atoms with Gasteiger partial charge in [0.2, 0.25) is 0 Å². The third-order valence-electron chi connectivity index (χ3n) is 8.12. The molecule has 6 atom stereocenters. The maximum Gasteiger partial charge on any atom is 0.303 e. The van der Waals surface area contributed by atoms with Crippen molar-refractivity contribution >= 4 is 17.5 Å². The fourth-order valence-electron chi connectivity index (χ4n) is 6.56. The smallest absolute Gasteiger partial charge is 0.303 e. The van der Waals surface area contributed by atoms with Gasteiger partial charge in [-0.2, -0.15) is 0 Å². The molecule has 0 aromatic heterocycles. The van der Waals surface area contributed by atoms with E-state index >= 15 is 4.39 Å². The molecule has 0 aliphatic heterocycles. The molecule has 4 rings (SSSR count). The number of hydrogen-bond acceptors (Lipinski definition) is 4. The third-order valence-corrected chi connectivity index (χ3v) is 8.12. The molecule has 4 aliphatic carbocycles. The molecule has 150 valence electrons. The van der Waals surface area contributed by atoms with Crippen molar-refractivity contribution in [2.24, 2.45) is 22.7 Å². The summed E-state index contributed by atoms with van der Waals surface area (Å²) in [6, 6.07) is 0. The van der Waals surface area contributed by atoms with Crippen LogP contribution in [-0.2, 0) is 19.1 Å². The molecule has 0 spiro atoms. The zero-order valence-corrected chi connectivity index (χ0v) is 16.9. The summed E-state index contributed by atoms with van der Waals surface area (Å²) in [6.07, 6.45) is 10.4. The Kier molecular flexibility index (Phi) is 3.95. The van der Waals surface area contributed by atoms with Crippen LogP contribution in [0.1, 0.15) is 53.4 Å². The molecule has 2 fully saturated rings. The Morgan fingerprint density at radius 1 is 1.11 bits per heavy atom. The Balaban J connectivity index is 1.84. The number of ketones is 2. The van der Waals surface area contributed by atoms with Gasteiger partial charge >= 0.3 is 5.97 Å². The number of halogens is 1. The summed E-state index contributed by atoms with van der Waals surface area (Å²) in [6.45, 7) is 6.56. The Labute approximate surface area is 164 Å². The molecule has 0 aromatic carbocycles. The van der Waals surface area contributed by atoms with E-state index in [0.717, 1.165) is 5.57 Å². The van der Waals surface area contributed by atoms with Crippen LogP contribution in [0.3, 0.4) is 0 Å². The second kappa shape index (κ2) is 5.74. The summed E-state index contributed by atoms with van der Waals surface area (Å²) in [5, 5.41) is 0. The number of allylic oxidation sites excluding steroid dienone is 5. The van der Waals surface area contributed by atoms with E-state index in [1.54, 1.807) is 24.3 Å². The van der Waals surface area contributed by atoms with E-state index in [0.29, 0.717) is 25.7 Å². The second-order valence-corrected chi connectivity index (χ2v) is 9.26. The molecule has 0 unspecified atom stereocenters. The normalized spacial score (nSPS) is 46.3. The maximum atomic E-state index is 16.7. The highest BCUT2D eigenvalue weighted by atomic mass is 19.1. The highest BCUT2D eigenvalue weighted by Crippen LogP contribution is 2.67. The fourth-order valence-corrected chi connectivity index (χ4v) is 6.56. The first kappa shape index (κ1) is 19.3. The van der Waals surface area contributed by atoms with Gasteiger partial charge in [0.15, 0.2) is 17.2 Å². The number of carbonyl (C=O) groups is 3. The number of Topliss-reactive ketones (excluding diaryl/α,β-unsaturated/α-hetero) is 1. The van der Waals surface area contributed by atoms with Crippen LogP contribution >= 0.6 is 0 Å². The minimum atomic E-state index is -1.64. The maximum absolute atomic E-state index is 16.7. The first-order valence-electron chi connectivity index (χ1n) is 10.0. The molecule has 0 saturated heterocycles. The van der Waals surface area contributed by atoms with Crippen LogP contribution in [0.2, 0.25) is 0 Å². The molecule has 0 amide bonds. The Morgan fingerprint density at radius 3 is 2.46 bits per heavy atom. The summed E-state index contributed by atoms with van der Waals surface area (Å²) in [7, 11) is 0. The van der Waals surface area contributed by atoms with Crippen molar-refractivity contribution in [3.63, 3.8) is 0 Å². The topological polar surface area (TPSA) is 60.4 Å². The highest BCUT2D eigenvalue weighted by Gasteiger charge is 2.70. The van der Waals surface area contributed by atoms with E-state index in [-0.39, 0.29) is 23.4 Å². The molecule has 0 radical (unpaired) electrons. The molecule has 0 aromatic rings. The monoisotopic (exact) mass is 386 g/mol. The molecule has 28 heavy (non-hydrogen) atoms. The molecule has 4 nitrogen and oxygen atoms in total. The predicted molar refractivity (Wildman–Crippen MR) is 102 cm³/mol. The first-order valence-corrected chi connectivity index (χ1v) is 10.0. The van der Waals surface area contributed by atoms with Crippen molar-refractivity contribution in [2.45, 2.75) is 64.6 Å². The SMILES string of the molecule is CC(=O)O[C@]1(C(C)=O)CC[C@H]2[C@@H]3CCC4=CC(=O)C=C[C@]4(C)[C@@]3(F)C=C[C@@]21C. The highest BCUT2D eigenvalue weighted by molar-refractivity contribution is 6.01. The number of rotatable bonds is 2. The summed E-state index contributed by atoms with van der Waals surface area (Å²) >= 11 is 0. The Morgan fingerprint density at radius 2 is 1.82 bits per heavy atom. The molecule has 5 heteroatoms. The summed E-state index contributed by atoms with van der Waals surface area (Å²) in [5.41, 5.74) is -3.65. The minimum absolute atomic E-state index is 0.0922. The van der Waals surface area contributed by atoms with Gasteiger partial charge in [-0.25, -0.2) is 4.39 Å².